The average Bonchev–Trinajstić information content (AvgIpc) is 2.54. The number of rotatable bonds is 6. The van der Waals surface area contributed by atoms with Gasteiger partial charge in [0.25, 0.3) is 0 Å². The molecule has 0 aliphatic carbocycles. The molecule has 0 radical (unpaired) electrons. The molecule has 2 aromatic carbocycles. The van der Waals surface area contributed by atoms with Crippen molar-refractivity contribution in [1.29, 1.82) is 0 Å². The molecule has 0 unspecified atom stereocenters. The van der Waals surface area contributed by atoms with E-state index >= 15 is 0 Å². The zero-order valence-corrected chi connectivity index (χ0v) is 13.5. The molecule has 0 N–H and O–H groups in total. The SMILES string of the molecule is CCCCCc1ccc(-c2ccc(/C=C/C(F)(F)F)c(F)c2)cc1. The Labute approximate surface area is 139 Å². The first-order chi connectivity index (χ1) is 11.4. The maximum atomic E-state index is 14.0. The van der Waals surface area contributed by atoms with Gasteiger partial charge in [0.15, 0.2) is 0 Å². The third-order valence-electron chi connectivity index (χ3n) is 3.81. The molecule has 0 aliphatic heterocycles. The van der Waals surface area contributed by atoms with Gasteiger partial charge in [-0.3, -0.25) is 0 Å². The van der Waals surface area contributed by atoms with E-state index in [0.29, 0.717) is 5.56 Å². The molecular formula is C20H20F4. The highest BCUT2D eigenvalue weighted by Gasteiger charge is 2.22. The topological polar surface area (TPSA) is 0 Å². The van der Waals surface area contributed by atoms with Gasteiger partial charge in [0.05, 0.1) is 0 Å². The van der Waals surface area contributed by atoms with Crippen LogP contribution in [0.15, 0.2) is 48.5 Å². The zero-order chi connectivity index (χ0) is 17.6. The van der Waals surface area contributed by atoms with E-state index in [1.807, 2.05) is 24.3 Å². The number of alkyl halides is 3. The third-order valence-corrected chi connectivity index (χ3v) is 3.81. The summed E-state index contributed by atoms with van der Waals surface area (Å²) < 4.78 is 50.4. The summed E-state index contributed by atoms with van der Waals surface area (Å²) >= 11 is 0. The van der Waals surface area contributed by atoms with Gasteiger partial charge in [0.1, 0.15) is 5.82 Å². The molecule has 0 saturated carbocycles. The molecule has 0 amide bonds. The molecule has 0 aliphatic rings. The highest BCUT2D eigenvalue weighted by molar-refractivity contribution is 5.66. The minimum Gasteiger partial charge on any atom is -0.206 e. The van der Waals surface area contributed by atoms with E-state index < -0.39 is 12.0 Å². The van der Waals surface area contributed by atoms with Gasteiger partial charge in [-0.1, -0.05) is 56.2 Å². The second-order valence-corrected chi connectivity index (χ2v) is 5.77. The van der Waals surface area contributed by atoms with Crippen LogP contribution in [0.1, 0.15) is 37.3 Å². The Kier molecular flexibility index (Phi) is 6.18. The van der Waals surface area contributed by atoms with Gasteiger partial charge in [-0.05, 0) is 41.7 Å². The minimum atomic E-state index is -4.45. The summed E-state index contributed by atoms with van der Waals surface area (Å²) in [5.41, 5.74) is 2.65. The van der Waals surface area contributed by atoms with Crippen molar-refractivity contribution in [2.75, 3.05) is 0 Å². The summed E-state index contributed by atoms with van der Waals surface area (Å²) in [6.45, 7) is 2.16. The van der Waals surface area contributed by atoms with E-state index in [0.717, 1.165) is 24.5 Å². The van der Waals surface area contributed by atoms with Crippen LogP contribution in [0.25, 0.3) is 17.2 Å². The van der Waals surface area contributed by atoms with Crippen LogP contribution in [-0.2, 0) is 6.42 Å². The van der Waals surface area contributed by atoms with Crippen molar-refractivity contribution in [3.63, 3.8) is 0 Å². The first kappa shape index (κ1) is 18.2. The number of aryl methyl sites for hydroxylation is 1. The Bertz CT molecular complexity index is 682. The lowest BCUT2D eigenvalue weighted by Crippen LogP contribution is -2.00. The smallest absolute Gasteiger partial charge is 0.206 e. The monoisotopic (exact) mass is 336 g/mol. The molecule has 0 aromatic heterocycles. The van der Waals surface area contributed by atoms with Crippen LogP contribution in [0.2, 0.25) is 0 Å². The Hall–Kier alpha value is -2.10. The van der Waals surface area contributed by atoms with E-state index in [-0.39, 0.29) is 11.6 Å². The second-order valence-electron chi connectivity index (χ2n) is 5.77. The maximum absolute atomic E-state index is 14.0. The standard InChI is InChI=1S/C20H20F4/c1-2-3-4-5-15-6-8-16(9-7-15)18-11-10-17(19(21)14-18)12-13-20(22,23)24/h6-14H,2-5H2,1H3/b13-12+. The molecule has 24 heavy (non-hydrogen) atoms. The fourth-order valence-corrected chi connectivity index (χ4v) is 2.47. The van der Waals surface area contributed by atoms with Crippen molar-refractivity contribution in [1.82, 2.24) is 0 Å². The average molecular weight is 336 g/mol. The number of allylic oxidation sites excluding steroid dienone is 1. The minimum absolute atomic E-state index is 0.0379. The van der Waals surface area contributed by atoms with Gasteiger partial charge >= 0.3 is 6.18 Å². The molecule has 0 spiro atoms. The number of benzene rings is 2. The van der Waals surface area contributed by atoms with Crippen LogP contribution in [0, 0.1) is 5.82 Å². The second kappa shape index (κ2) is 8.13. The van der Waals surface area contributed by atoms with Crippen LogP contribution in [-0.4, -0.2) is 6.18 Å². The largest absolute Gasteiger partial charge is 0.409 e. The molecule has 0 bridgehead atoms. The lowest BCUT2D eigenvalue weighted by atomic mass is 10.00. The Balaban J connectivity index is 2.12. The number of hydrogen-bond acceptors (Lipinski definition) is 0. The van der Waals surface area contributed by atoms with E-state index in [4.69, 9.17) is 0 Å². The van der Waals surface area contributed by atoms with Crippen LogP contribution >= 0.6 is 0 Å². The van der Waals surface area contributed by atoms with Gasteiger partial charge in [-0.15, -0.1) is 0 Å². The molecule has 0 nitrogen and oxygen atoms in total. The summed E-state index contributed by atoms with van der Waals surface area (Å²) in [4.78, 5) is 0. The highest BCUT2D eigenvalue weighted by Crippen LogP contribution is 2.25. The molecular weight excluding hydrogens is 316 g/mol. The van der Waals surface area contributed by atoms with Crippen molar-refractivity contribution in [2.45, 2.75) is 38.8 Å². The van der Waals surface area contributed by atoms with Crippen LogP contribution < -0.4 is 0 Å². The number of hydrogen-bond donors (Lipinski definition) is 0. The van der Waals surface area contributed by atoms with E-state index in [1.165, 1.54) is 30.5 Å². The van der Waals surface area contributed by atoms with Gasteiger partial charge in [0.2, 0.25) is 0 Å². The fourth-order valence-electron chi connectivity index (χ4n) is 2.47. The summed E-state index contributed by atoms with van der Waals surface area (Å²) in [7, 11) is 0. The first-order valence-electron chi connectivity index (χ1n) is 8.04. The zero-order valence-electron chi connectivity index (χ0n) is 13.5. The Morgan fingerprint density at radius 1 is 0.917 bits per heavy atom. The molecule has 0 saturated heterocycles. The van der Waals surface area contributed by atoms with Gasteiger partial charge in [-0.2, -0.15) is 13.2 Å². The molecule has 4 heteroatoms. The van der Waals surface area contributed by atoms with Crippen molar-refractivity contribution >= 4 is 6.08 Å². The summed E-state index contributed by atoms with van der Waals surface area (Å²) in [6.07, 6.45) is 0.867. The molecule has 2 rings (SSSR count). The lowest BCUT2D eigenvalue weighted by Gasteiger charge is -2.06. The van der Waals surface area contributed by atoms with Crippen LogP contribution in [0.5, 0.6) is 0 Å². The van der Waals surface area contributed by atoms with E-state index in [9.17, 15) is 17.6 Å². The van der Waals surface area contributed by atoms with Crippen LogP contribution in [0.4, 0.5) is 17.6 Å². The summed E-state index contributed by atoms with van der Waals surface area (Å²) in [6, 6.07) is 12.1. The van der Waals surface area contributed by atoms with Crippen molar-refractivity contribution < 1.29 is 17.6 Å². The highest BCUT2D eigenvalue weighted by atomic mass is 19.4. The lowest BCUT2D eigenvalue weighted by molar-refractivity contribution is -0.0790. The maximum Gasteiger partial charge on any atom is 0.409 e. The van der Waals surface area contributed by atoms with E-state index in [2.05, 4.69) is 6.92 Å². The first-order valence-corrected chi connectivity index (χ1v) is 8.04. The molecule has 2 aromatic rings. The Morgan fingerprint density at radius 2 is 1.58 bits per heavy atom. The molecule has 0 heterocycles. The quantitative estimate of drug-likeness (QED) is 0.402. The van der Waals surface area contributed by atoms with Gasteiger partial charge in [0, 0.05) is 11.6 Å². The van der Waals surface area contributed by atoms with Crippen molar-refractivity contribution in [3.05, 3.63) is 65.5 Å². The number of halogens is 4. The van der Waals surface area contributed by atoms with Crippen molar-refractivity contribution in [2.24, 2.45) is 0 Å². The molecule has 128 valence electrons. The fraction of sp³-hybridized carbons (Fsp3) is 0.300. The normalized spacial score (nSPS) is 12.0. The third kappa shape index (κ3) is 5.52. The Morgan fingerprint density at radius 3 is 2.17 bits per heavy atom. The number of unbranched alkanes of at least 4 members (excludes halogenated alkanes) is 2. The summed E-state index contributed by atoms with van der Waals surface area (Å²) in [5.74, 6) is -0.667. The predicted octanol–water partition coefficient (Wildman–Crippen LogP) is 6.80. The van der Waals surface area contributed by atoms with Gasteiger partial charge < -0.3 is 0 Å². The molecule has 0 atom stereocenters. The molecule has 0 fully saturated rings. The van der Waals surface area contributed by atoms with E-state index in [1.54, 1.807) is 6.07 Å². The van der Waals surface area contributed by atoms with Crippen molar-refractivity contribution in [3.8, 4) is 11.1 Å². The predicted molar refractivity (Wildman–Crippen MR) is 90.2 cm³/mol. The van der Waals surface area contributed by atoms with Crippen LogP contribution in [0.3, 0.4) is 0 Å². The summed E-state index contributed by atoms with van der Waals surface area (Å²) in [5, 5.41) is 0. The van der Waals surface area contributed by atoms with Gasteiger partial charge in [-0.25, -0.2) is 4.39 Å².